The molecule has 138 valence electrons. The van der Waals surface area contributed by atoms with Gasteiger partial charge in [-0.3, -0.25) is 4.79 Å². The van der Waals surface area contributed by atoms with Gasteiger partial charge in [0.25, 0.3) is 5.91 Å². The predicted molar refractivity (Wildman–Crippen MR) is 108 cm³/mol. The van der Waals surface area contributed by atoms with Crippen molar-refractivity contribution >= 4 is 29.4 Å². The molecule has 0 spiro atoms. The largest absolute Gasteiger partial charge is 0.484 e. The van der Waals surface area contributed by atoms with Crippen LogP contribution in [0.5, 0.6) is 5.75 Å². The first kappa shape index (κ1) is 19.0. The van der Waals surface area contributed by atoms with Crippen LogP contribution in [0.25, 0.3) is 0 Å². The Morgan fingerprint density at radius 3 is 2.32 bits per heavy atom. The Kier molecular flexibility index (Phi) is 7.41. The Labute approximate surface area is 160 Å². The maximum Gasteiger partial charge on any atom is 0.260 e. The second-order valence-corrected chi connectivity index (χ2v) is 9.66. The van der Waals surface area contributed by atoms with E-state index in [1.54, 1.807) is 0 Å². The van der Waals surface area contributed by atoms with Gasteiger partial charge in [-0.2, -0.15) is 0 Å². The molecule has 2 fully saturated rings. The number of rotatable bonds is 5. The van der Waals surface area contributed by atoms with E-state index in [4.69, 9.17) is 4.74 Å². The van der Waals surface area contributed by atoms with E-state index >= 15 is 0 Å². The molecule has 3 nitrogen and oxygen atoms in total. The highest BCUT2D eigenvalue weighted by Gasteiger charge is 2.21. The van der Waals surface area contributed by atoms with Crippen LogP contribution in [-0.4, -0.2) is 42.0 Å². The molecular formula is C20H29NO2S2. The van der Waals surface area contributed by atoms with E-state index in [0.717, 1.165) is 18.6 Å². The average molecular weight is 380 g/mol. The molecule has 3 rings (SSSR count). The molecule has 0 unspecified atom stereocenters. The molecule has 1 aliphatic carbocycles. The Morgan fingerprint density at radius 2 is 1.68 bits per heavy atom. The quantitative estimate of drug-likeness (QED) is 0.665. The minimum atomic E-state index is 0.0920. The molecule has 0 bridgehead atoms. The number of carbonyl (C=O) groups is 1. The van der Waals surface area contributed by atoms with E-state index in [-0.39, 0.29) is 12.5 Å². The molecule has 5 heteroatoms. The normalized spacial score (nSPS) is 20.0. The first-order valence-electron chi connectivity index (χ1n) is 9.45. The molecular weight excluding hydrogens is 350 g/mol. The zero-order valence-electron chi connectivity index (χ0n) is 15.1. The molecule has 0 radical (unpaired) electrons. The van der Waals surface area contributed by atoms with E-state index in [1.807, 2.05) is 47.6 Å². The second-order valence-electron chi connectivity index (χ2n) is 6.93. The number of nitrogens with zero attached hydrogens (tertiary/aromatic N) is 1. The standard InChI is InChI=1S/C20H29NO2S2/c1-21(17-7-4-2-3-5-8-17)19(22)15-23-18-11-9-16(10-12-18)20-24-13-6-14-25-20/h9-12,17,20H,2-8,13-15H2,1H3. The monoisotopic (exact) mass is 379 g/mol. The van der Waals surface area contributed by atoms with E-state index in [1.165, 1.54) is 49.2 Å². The molecule has 0 atom stereocenters. The lowest BCUT2D eigenvalue weighted by molar-refractivity contribution is -0.134. The van der Waals surface area contributed by atoms with Crippen LogP contribution in [0.1, 0.15) is 55.1 Å². The van der Waals surface area contributed by atoms with Crippen molar-refractivity contribution in [1.29, 1.82) is 0 Å². The van der Waals surface area contributed by atoms with Crippen molar-refractivity contribution in [3.8, 4) is 5.75 Å². The molecule has 1 amide bonds. The topological polar surface area (TPSA) is 29.5 Å². The van der Waals surface area contributed by atoms with E-state index in [0.29, 0.717) is 10.6 Å². The summed E-state index contributed by atoms with van der Waals surface area (Å²) < 4.78 is 6.30. The number of thioether (sulfide) groups is 2. The Morgan fingerprint density at radius 1 is 1.04 bits per heavy atom. The predicted octanol–water partition coefficient (Wildman–Crippen LogP) is 5.12. The van der Waals surface area contributed by atoms with Crippen LogP contribution >= 0.6 is 23.5 Å². The van der Waals surface area contributed by atoms with Gasteiger partial charge in [-0.25, -0.2) is 0 Å². The summed E-state index contributed by atoms with van der Waals surface area (Å²) in [6.45, 7) is 0.138. The van der Waals surface area contributed by atoms with Crippen LogP contribution in [0.4, 0.5) is 0 Å². The summed E-state index contributed by atoms with van der Waals surface area (Å²) in [5.74, 6) is 3.38. The van der Waals surface area contributed by atoms with Crippen LogP contribution in [0.15, 0.2) is 24.3 Å². The van der Waals surface area contributed by atoms with Crippen molar-refractivity contribution < 1.29 is 9.53 Å². The van der Waals surface area contributed by atoms with E-state index < -0.39 is 0 Å². The van der Waals surface area contributed by atoms with Crippen molar-refractivity contribution in [3.05, 3.63) is 29.8 Å². The van der Waals surface area contributed by atoms with Gasteiger partial charge >= 0.3 is 0 Å². The second kappa shape index (κ2) is 9.77. The third-order valence-electron chi connectivity index (χ3n) is 5.11. The molecule has 1 saturated carbocycles. The van der Waals surface area contributed by atoms with Gasteiger partial charge < -0.3 is 9.64 Å². The molecule has 1 aromatic rings. The number of benzene rings is 1. The van der Waals surface area contributed by atoms with Crippen molar-refractivity contribution in [2.45, 2.75) is 55.6 Å². The molecule has 1 aliphatic heterocycles. The van der Waals surface area contributed by atoms with Gasteiger partial charge in [0.2, 0.25) is 0 Å². The Hall–Kier alpha value is -0.810. The summed E-state index contributed by atoms with van der Waals surface area (Å²) in [5.41, 5.74) is 1.35. The lowest BCUT2D eigenvalue weighted by Gasteiger charge is -2.27. The highest BCUT2D eigenvalue weighted by Crippen LogP contribution is 2.43. The maximum atomic E-state index is 12.4. The number of likely N-dealkylation sites (N-methyl/N-ethyl adjacent to an activating group) is 1. The van der Waals surface area contributed by atoms with Gasteiger partial charge in [0.1, 0.15) is 5.75 Å². The SMILES string of the molecule is CN(C(=O)COc1ccc(C2SCCCS2)cc1)C1CCCCCC1. The zero-order valence-corrected chi connectivity index (χ0v) is 16.7. The van der Waals surface area contributed by atoms with E-state index in [9.17, 15) is 4.79 Å². The third kappa shape index (κ3) is 5.58. The zero-order chi connectivity index (χ0) is 17.5. The molecule has 1 heterocycles. The van der Waals surface area contributed by atoms with Crippen LogP contribution < -0.4 is 4.74 Å². The van der Waals surface area contributed by atoms with Gasteiger partial charge in [-0.05, 0) is 48.5 Å². The summed E-state index contributed by atoms with van der Waals surface area (Å²) in [6, 6.07) is 8.69. The molecule has 1 saturated heterocycles. The van der Waals surface area contributed by atoms with Gasteiger partial charge in [0.05, 0.1) is 4.58 Å². The van der Waals surface area contributed by atoms with Crippen molar-refractivity contribution in [3.63, 3.8) is 0 Å². The number of hydrogen-bond donors (Lipinski definition) is 0. The third-order valence-corrected chi connectivity index (χ3v) is 8.12. The summed E-state index contributed by atoms with van der Waals surface area (Å²) in [6.07, 6.45) is 8.66. The van der Waals surface area contributed by atoms with Crippen LogP contribution in [-0.2, 0) is 4.79 Å². The van der Waals surface area contributed by atoms with E-state index in [2.05, 4.69) is 12.1 Å². The Balaban J connectivity index is 1.47. The fourth-order valence-electron chi connectivity index (χ4n) is 3.50. The fraction of sp³-hybridized carbons (Fsp3) is 0.650. The average Bonchev–Trinajstić information content (AvgIpc) is 2.96. The Bertz CT molecular complexity index is 535. The number of ether oxygens (including phenoxy) is 1. The van der Waals surface area contributed by atoms with Crippen LogP contribution in [0.3, 0.4) is 0 Å². The summed E-state index contributed by atoms with van der Waals surface area (Å²) in [4.78, 5) is 14.3. The molecule has 1 aromatic carbocycles. The summed E-state index contributed by atoms with van der Waals surface area (Å²) in [5, 5.41) is 0. The van der Waals surface area contributed by atoms with Crippen molar-refractivity contribution in [2.75, 3.05) is 25.2 Å². The number of hydrogen-bond acceptors (Lipinski definition) is 4. The lowest BCUT2D eigenvalue weighted by atomic mass is 10.1. The van der Waals surface area contributed by atoms with Gasteiger partial charge in [0.15, 0.2) is 6.61 Å². The molecule has 0 aromatic heterocycles. The number of carbonyl (C=O) groups excluding carboxylic acids is 1. The van der Waals surface area contributed by atoms with Crippen molar-refractivity contribution in [1.82, 2.24) is 4.90 Å². The summed E-state index contributed by atoms with van der Waals surface area (Å²) in [7, 11) is 1.93. The first-order valence-corrected chi connectivity index (χ1v) is 11.6. The highest BCUT2D eigenvalue weighted by atomic mass is 32.2. The molecule has 25 heavy (non-hydrogen) atoms. The van der Waals surface area contributed by atoms with Crippen molar-refractivity contribution in [2.24, 2.45) is 0 Å². The molecule has 2 aliphatic rings. The summed E-state index contributed by atoms with van der Waals surface area (Å²) >= 11 is 4.05. The van der Waals surface area contributed by atoms with Gasteiger partial charge in [-0.15, -0.1) is 23.5 Å². The maximum absolute atomic E-state index is 12.4. The first-order chi connectivity index (χ1) is 12.2. The lowest BCUT2D eigenvalue weighted by Crippen LogP contribution is -2.39. The fourth-order valence-corrected chi connectivity index (χ4v) is 6.39. The minimum Gasteiger partial charge on any atom is -0.484 e. The van der Waals surface area contributed by atoms with Crippen LogP contribution in [0.2, 0.25) is 0 Å². The molecule has 0 N–H and O–H groups in total. The van der Waals surface area contributed by atoms with Gasteiger partial charge in [0, 0.05) is 13.1 Å². The van der Waals surface area contributed by atoms with Gasteiger partial charge in [-0.1, -0.05) is 37.8 Å². The highest BCUT2D eigenvalue weighted by molar-refractivity contribution is 8.16. The van der Waals surface area contributed by atoms with Crippen LogP contribution in [0, 0.1) is 0 Å². The number of amides is 1. The smallest absolute Gasteiger partial charge is 0.260 e. The minimum absolute atomic E-state index is 0.0920.